The molecule has 0 unspecified atom stereocenters. The molecular weight excluding hydrogens is 339 g/mol. The molecule has 3 aromatic carbocycles. The molecule has 0 aliphatic heterocycles. The van der Waals surface area contributed by atoms with Gasteiger partial charge in [-0.2, -0.15) is 0 Å². The van der Waals surface area contributed by atoms with Gasteiger partial charge in [0.15, 0.2) is 0 Å². The summed E-state index contributed by atoms with van der Waals surface area (Å²) < 4.78 is 19.8. The maximum absolute atomic E-state index is 14.3. The van der Waals surface area contributed by atoms with E-state index >= 15 is 0 Å². The molecule has 0 amide bonds. The highest BCUT2D eigenvalue weighted by Gasteiger charge is 2.14. The molecule has 138 valence electrons. The Hall–Kier alpha value is -2.94. The zero-order valence-electron chi connectivity index (χ0n) is 15.8. The molecule has 0 aliphatic carbocycles. The third-order valence-corrected chi connectivity index (χ3v) is 4.55. The van der Waals surface area contributed by atoms with Gasteiger partial charge < -0.3 is 4.74 Å². The van der Waals surface area contributed by atoms with Gasteiger partial charge in [0.25, 0.3) is 0 Å². The SMILES string of the molecule is Cc1cc(-c2cccc(C(=O)OCc3ccccc3)c2)cc(C(C)C)c1F. The van der Waals surface area contributed by atoms with Gasteiger partial charge >= 0.3 is 5.97 Å². The summed E-state index contributed by atoms with van der Waals surface area (Å²) >= 11 is 0. The first kappa shape index (κ1) is 18.8. The van der Waals surface area contributed by atoms with Crippen molar-refractivity contribution in [1.29, 1.82) is 0 Å². The third kappa shape index (κ3) is 4.43. The second-order valence-electron chi connectivity index (χ2n) is 6.99. The number of carbonyl (C=O) groups excluding carboxylic acids is 1. The fraction of sp³-hybridized carbons (Fsp3) is 0.208. The molecule has 0 N–H and O–H groups in total. The van der Waals surface area contributed by atoms with Crippen molar-refractivity contribution >= 4 is 5.97 Å². The van der Waals surface area contributed by atoms with Crippen LogP contribution in [-0.2, 0) is 11.3 Å². The third-order valence-electron chi connectivity index (χ3n) is 4.55. The summed E-state index contributed by atoms with van der Waals surface area (Å²) in [4.78, 5) is 12.4. The number of rotatable bonds is 5. The van der Waals surface area contributed by atoms with Crippen molar-refractivity contribution in [1.82, 2.24) is 0 Å². The van der Waals surface area contributed by atoms with Gasteiger partial charge in [-0.3, -0.25) is 0 Å². The molecule has 27 heavy (non-hydrogen) atoms. The second-order valence-corrected chi connectivity index (χ2v) is 6.99. The lowest BCUT2D eigenvalue weighted by Gasteiger charge is -2.13. The van der Waals surface area contributed by atoms with E-state index in [0.717, 1.165) is 16.7 Å². The molecule has 0 saturated carbocycles. The molecule has 0 fully saturated rings. The molecule has 0 aromatic heterocycles. The van der Waals surface area contributed by atoms with E-state index in [1.807, 2.05) is 68.4 Å². The van der Waals surface area contributed by atoms with Gasteiger partial charge in [-0.15, -0.1) is 0 Å². The quantitative estimate of drug-likeness (QED) is 0.499. The van der Waals surface area contributed by atoms with Gasteiger partial charge in [0, 0.05) is 0 Å². The summed E-state index contributed by atoms with van der Waals surface area (Å²) in [6.07, 6.45) is 0. The van der Waals surface area contributed by atoms with Crippen LogP contribution in [0.15, 0.2) is 66.7 Å². The van der Waals surface area contributed by atoms with Crippen LogP contribution in [0.25, 0.3) is 11.1 Å². The van der Waals surface area contributed by atoms with E-state index in [9.17, 15) is 9.18 Å². The highest BCUT2D eigenvalue weighted by molar-refractivity contribution is 5.91. The van der Waals surface area contributed by atoms with E-state index in [4.69, 9.17) is 4.74 Å². The van der Waals surface area contributed by atoms with Crippen LogP contribution in [-0.4, -0.2) is 5.97 Å². The Balaban J connectivity index is 1.84. The highest BCUT2D eigenvalue weighted by atomic mass is 19.1. The van der Waals surface area contributed by atoms with Gasteiger partial charge in [-0.1, -0.05) is 56.3 Å². The lowest BCUT2D eigenvalue weighted by molar-refractivity contribution is 0.0473. The molecule has 3 rings (SSSR count). The number of aryl methyl sites for hydroxylation is 1. The summed E-state index contributed by atoms with van der Waals surface area (Å²) in [5.41, 5.74) is 4.48. The molecule has 0 aliphatic rings. The van der Waals surface area contributed by atoms with Crippen molar-refractivity contribution in [3.05, 3.63) is 94.8 Å². The van der Waals surface area contributed by atoms with Crippen LogP contribution in [0.3, 0.4) is 0 Å². The summed E-state index contributed by atoms with van der Waals surface area (Å²) in [5, 5.41) is 0. The van der Waals surface area contributed by atoms with E-state index in [0.29, 0.717) is 16.7 Å². The fourth-order valence-corrected chi connectivity index (χ4v) is 3.02. The van der Waals surface area contributed by atoms with Crippen molar-refractivity contribution in [3.63, 3.8) is 0 Å². The molecule has 0 spiro atoms. The lowest BCUT2D eigenvalue weighted by Crippen LogP contribution is -2.05. The first-order valence-electron chi connectivity index (χ1n) is 9.07. The Morgan fingerprint density at radius 1 is 0.963 bits per heavy atom. The molecule has 0 saturated heterocycles. The number of halogens is 1. The largest absolute Gasteiger partial charge is 0.457 e. The first-order chi connectivity index (χ1) is 13.0. The van der Waals surface area contributed by atoms with Gasteiger partial charge in [0.1, 0.15) is 12.4 Å². The average molecular weight is 362 g/mol. The highest BCUT2D eigenvalue weighted by Crippen LogP contribution is 2.29. The van der Waals surface area contributed by atoms with Crippen LogP contribution >= 0.6 is 0 Å². The number of hydrogen-bond acceptors (Lipinski definition) is 2. The van der Waals surface area contributed by atoms with E-state index in [1.165, 1.54) is 0 Å². The molecule has 0 atom stereocenters. The van der Waals surface area contributed by atoms with Crippen molar-refractivity contribution in [2.24, 2.45) is 0 Å². The molecule has 0 bridgehead atoms. The van der Waals surface area contributed by atoms with Crippen molar-refractivity contribution in [3.8, 4) is 11.1 Å². The van der Waals surface area contributed by atoms with E-state index < -0.39 is 0 Å². The molecule has 2 nitrogen and oxygen atoms in total. The van der Waals surface area contributed by atoms with E-state index in [2.05, 4.69) is 0 Å². The lowest BCUT2D eigenvalue weighted by atomic mass is 9.93. The van der Waals surface area contributed by atoms with Crippen LogP contribution in [0.2, 0.25) is 0 Å². The Bertz CT molecular complexity index is 946. The Morgan fingerprint density at radius 2 is 1.70 bits per heavy atom. The zero-order valence-corrected chi connectivity index (χ0v) is 15.8. The van der Waals surface area contributed by atoms with Gasteiger partial charge in [0.05, 0.1) is 5.56 Å². The summed E-state index contributed by atoms with van der Waals surface area (Å²) in [7, 11) is 0. The average Bonchev–Trinajstić information content (AvgIpc) is 2.68. The molecule has 0 radical (unpaired) electrons. The Labute approximate surface area is 159 Å². The summed E-state index contributed by atoms with van der Waals surface area (Å²) in [5.74, 6) is -0.446. The minimum absolute atomic E-state index is 0.0858. The minimum Gasteiger partial charge on any atom is -0.457 e. The molecule has 3 aromatic rings. The van der Waals surface area contributed by atoms with E-state index in [1.54, 1.807) is 19.1 Å². The number of benzene rings is 3. The standard InChI is InChI=1S/C24H23FO2/c1-16(2)22-14-21(12-17(3)23(22)25)19-10-7-11-20(13-19)24(26)27-15-18-8-5-4-6-9-18/h4-14,16H,15H2,1-3H3. The predicted octanol–water partition coefficient (Wildman–Crippen LogP) is 6.28. The normalized spacial score (nSPS) is 10.9. The smallest absolute Gasteiger partial charge is 0.338 e. The van der Waals surface area contributed by atoms with Crippen LogP contribution in [0.4, 0.5) is 4.39 Å². The molecular formula is C24H23FO2. The predicted molar refractivity (Wildman–Crippen MR) is 106 cm³/mol. The number of carbonyl (C=O) groups is 1. The first-order valence-corrected chi connectivity index (χ1v) is 9.07. The van der Waals surface area contributed by atoms with Crippen molar-refractivity contribution in [2.45, 2.75) is 33.3 Å². The van der Waals surface area contributed by atoms with Crippen LogP contribution in [0.1, 0.15) is 46.8 Å². The summed E-state index contributed by atoms with van der Waals surface area (Å²) in [6.45, 7) is 5.94. The maximum atomic E-state index is 14.3. The van der Waals surface area contributed by atoms with E-state index in [-0.39, 0.29) is 24.3 Å². The Morgan fingerprint density at radius 3 is 2.41 bits per heavy atom. The van der Waals surface area contributed by atoms with Gasteiger partial charge in [0.2, 0.25) is 0 Å². The topological polar surface area (TPSA) is 26.3 Å². The van der Waals surface area contributed by atoms with Crippen LogP contribution in [0.5, 0.6) is 0 Å². The summed E-state index contributed by atoms with van der Waals surface area (Å²) in [6, 6.07) is 20.5. The van der Waals surface area contributed by atoms with Crippen LogP contribution in [0, 0.1) is 12.7 Å². The molecule has 0 heterocycles. The minimum atomic E-state index is -0.372. The van der Waals surface area contributed by atoms with Crippen LogP contribution < -0.4 is 0 Å². The fourth-order valence-electron chi connectivity index (χ4n) is 3.02. The van der Waals surface area contributed by atoms with Gasteiger partial charge in [-0.25, -0.2) is 9.18 Å². The van der Waals surface area contributed by atoms with Gasteiger partial charge in [-0.05, 0) is 64.9 Å². The zero-order chi connectivity index (χ0) is 19.4. The maximum Gasteiger partial charge on any atom is 0.338 e. The number of hydrogen-bond donors (Lipinski definition) is 0. The molecule has 3 heteroatoms. The number of ether oxygens (including phenoxy) is 1. The van der Waals surface area contributed by atoms with Crippen molar-refractivity contribution < 1.29 is 13.9 Å². The Kier molecular flexibility index (Phi) is 5.70. The second kappa shape index (κ2) is 8.17. The van der Waals surface area contributed by atoms with Crippen molar-refractivity contribution in [2.75, 3.05) is 0 Å². The monoisotopic (exact) mass is 362 g/mol. The number of esters is 1.